The molecule has 2 aromatic carbocycles. The van der Waals surface area contributed by atoms with Crippen molar-refractivity contribution in [2.45, 2.75) is 6.36 Å². The van der Waals surface area contributed by atoms with Crippen LogP contribution in [0.15, 0.2) is 42.5 Å². The van der Waals surface area contributed by atoms with Gasteiger partial charge in [0.05, 0.1) is 12.7 Å². The lowest BCUT2D eigenvalue weighted by molar-refractivity contribution is -0.274. The third kappa shape index (κ3) is 3.49. The number of rotatable bonds is 4. The number of hydrogen-bond donors (Lipinski definition) is 1. The molecule has 22 heavy (non-hydrogen) atoms. The first-order valence-corrected chi connectivity index (χ1v) is 6.08. The van der Waals surface area contributed by atoms with E-state index in [1.54, 1.807) is 0 Å². The third-order valence-electron chi connectivity index (χ3n) is 2.86. The molecule has 0 bridgehead atoms. The summed E-state index contributed by atoms with van der Waals surface area (Å²) in [5, 5.41) is 9.25. The van der Waals surface area contributed by atoms with Crippen LogP contribution < -0.4 is 9.47 Å². The molecule has 0 amide bonds. The molecule has 0 fully saturated rings. The van der Waals surface area contributed by atoms with Crippen LogP contribution in [0.5, 0.6) is 11.5 Å². The highest BCUT2D eigenvalue weighted by molar-refractivity contribution is 5.97. The summed E-state index contributed by atoms with van der Waals surface area (Å²) in [6.07, 6.45) is -4.87. The number of carboxylic acid groups (broad SMARTS) is 1. The number of ether oxygens (including phenoxy) is 2. The number of carbonyl (C=O) groups is 1. The zero-order valence-corrected chi connectivity index (χ0v) is 11.3. The van der Waals surface area contributed by atoms with E-state index in [0.717, 1.165) is 6.07 Å². The van der Waals surface area contributed by atoms with E-state index in [-0.39, 0.29) is 22.4 Å². The highest BCUT2D eigenvalue weighted by atomic mass is 19.4. The van der Waals surface area contributed by atoms with Crippen LogP contribution >= 0.6 is 0 Å². The van der Waals surface area contributed by atoms with Crippen LogP contribution in [-0.2, 0) is 0 Å². The first kappa shape index (κ1) is 15.7. The summed E-state index contributed by atoms with van der Waals surface area (Å²) in [5.41, 5.74) is -0.0504. The molecule has 116 valence electrons. The normalized spacial score (nSPS) is 11.1. The van der Waals surface area contributed by atoms with Gasteiger partial charge in [-0.3, -0.25) is 0 Å². The van der Waals surface area contributed by atoms with Gasteiger partial charge in [0.2, 0.25) is 0 Å². The first-order chi connectivity index (χ1) is 10.3. The lowest BCUT2D eigenvalue weighted by atomic mass is 9.98. The summed E-state index contributed by atoms with van der Waals surface area (Å²) in [6, 6.07) is 9.42. The summed E-state index contributed by atoms with van der Waals surface area (Å²) < 4.78 is 46.3. The predicted molar refractivity (Wildman–Crippen MR) is 72.1 cm³/mol. The highest BCUT2D eigenvalue weighted by Crippen LogP contribution is 2.36. The quantitative estimate of drug-likeness (QED) is 0.928. The van der Waals surface area contributed by atoms with Crippen molar-refractivity contribution in [1.29, 1.82) is 0 Å². The van der Waals surface area contributed by atoms with Crippen LogP contribution in [0.3, 0.4) is 0 Å². The summed E-state index contributed by atoms with van der Waals surface area (Å²) in [6.45, 7) is 0. The van der Waals surface area contributed by atoms with Crippen LogP contribution in [0.2, 0.25) is 0 Å². The summed E-state index contributed by atoms with van der Waals surface area (Å²) in [4.78, 5) is 11.3. The van der Waals surface area contributed by atoms with E-state index >= 15 is 0 Å². The molecule has 0 aliphatic heterocycles. The molecule has 0 heterocycles. The molecular weight excluding hydrogens is 301 g/mol. The average molecular weight is 312 g/mol. The van der Waals surface area contributed by atoms with E-state index in [0.29, 0.717) is 0 Å². The third-order valence-corrected chi connectivity index (χ3v) is 2.86. The zero-order chi connectivity index (χ0) is 16.3. The van der Waals surface area contributed by atoms with Gasteiger partial charge in [0.15, 0.2) is 0 Å². The molecule has 0 atom stereocenters. The van der Waals surface area contributed by atoms with Crippen molar-refractivity contribution in [2.24, 2.45) is 0 Å². The van der Waals surface area contributed by atoms with E-state index in [2.05, 4.69) is 4.74 Å². The fourth-order valence-corrected chi connectivity index (χ4v) is 1.96. The molecule has 2 aromatic rings. The SMILES string of the molecule is COc1ccc(-c2ccccc2OC(F)(F)F)c(C(=O)O)c1. The van der Waals surface area contributed by atoms with Crippen molar-refractivity contribution in [3.05, 3.63) is 48.0 Å². The standard InChI is InChI=1S/C15H11F3O4/c1-21-9-6-7-10(12(8-9)14(19)20)11-4-2-3-5-13(11)22-15(16,17)18/h2-8H,1H3,(H,19,20). The van der Waals surface area contributed by atoms with Gasteiger partial charge in [-0.1, -0.05) is 18.2 Å². The van der Waals surface area contributed by atoms with Crippen LogP contribution in [0.1, 0.15) is 10.4 Å². The van der Waals surface area contributed by atoms with E-state index < -0.39 is 18.1 Å². The van der Waals surface area contributed by atoms with Crippen LogP contribution in [0.25, 0.3) is 11.1 Å². The molecule has 0 unspecified atom stereocenters. The molecule has 1 N–H and O–H groups in total. The van der Waals surface area contributed by atoms with Gasteiger partial charge in [0.1, 0.15) is 11.5 Å². The van der Waals surface area contributed by atoms with E-state index in [1.165, 1.54) is 43.5 Å². The number of para-hydroxylation sites is 1. The molecule has 0 aliphatic carbocycles. The Kier molecular flexibility index (Phi) is 4.25. The Hall–Kier alpha value is -2.70. The largest absolute Gasteiger partial charge is 0.573 e. The maximum absolute atomic E-state index is 12.5. The molecule has 0 spiro atoms. The minimum Gasteiger partial charge on any atom is -0.497 e. The monoisotopic (exact) mass is 312 g/mol. The van der Waals surface area contributed by atoms with Gasteiger partial charge in [0, 0.05) is 11.1 Å². The summed E-state index contributed by atoms with van der Waals surface area (Å²) in [7, 11) is 1.36. The molecule has 0 radical (unpaired) electrons. The molecule has 7 heteroatoms. The van der Waals surface area contributed by atoms with Gasteiger partial charge in [-0.25, -0.2) is 4.79 Å². The fraction of sp³-hybridized carbons (Fsp3) is 0.133. The van der Waals surface area contributed by atoms with E-state index in [1.807, 2.05) is 0 Å². The average Bonchev–Trinajstić information content (AvgIpc) is 2.45. The van der Waals surface area contributed by atoms with Gasteiger partial charge >= 0.3 is 12.3 Å². The molecule has 0 aromatic heterocycles. The Labute approximate surface area is 123 Å². The number of carboxylic acids is 1. The molecule has 0 saturated heterocycles. The zero-order valence-electron chi connectivity index (χ0n) is 11.3. The van der Waals surface area contributed by atoms with Crippen molar-refractivity contribution in [3.8, 4) is 22.6 Å². The number of methoxy groups -OCH3 is 1. The minimum absolute atomic E-state index is 0.0277. The smallest absolute Gasteiger partial charge is 0.497 e. The van der Waals surface area contributed by atoms with Gasteiger partial charge < -0.3 is 14.6 Å². The second kappa shape index (κ2) is 5.97. The number of hydrogen-bond acceptors (Lipinski definition) is 3. The van der Waals surface area contributed by atoms with Crippen molar-refractivity contribution in [1.82, 2.24) is 0 Å². The highest BCUT2D eigenvalue weighted by Gasteiger charge is 2.32. The number of aromatic carboxylic acids is 1. The number of halogens is 3. The Balaban J connectivity index is 2.59. The predicted octanol–water partition coefficient (Wildman–Crippen LogP) is 3.96. The van der Waals surface area contributed by atoms with Crippen molar-refractivity contribution >= 4 is 5.97 Å². The van der Waals surface area contributed by atoms with Crippen molar-refractivity contribution in [2.75, 3.05) is 7.11 Å². The van der Waals surface area contributed by atoms with Gasteiger partial charge in [-0.2, -0.15) is 0 Å². The fourth-order valence-electron chi connectivity index (χ4n) is 1.96. The van der Waals surface area contributed by atoms with Crippen LogP contribution in [0, 0.1) is 0 Å². The lowest BCUT2D eigenvalue weighted by Gasteiger charge is -2.15. The van der Waals surface area contributed by atoms with Gasteiger partial charge in [-0.15, -0.1) is 13.2 Å². The second-order valence-electron chi connectivity index (χ2n) is 4.26. The Morgan fingerprint density at radius 1 is 1.09 bits per heavy atom. The van der Waals surface area contributed by atoms with E-state index in [4.69, 9.17) is 4.74 Å². The molecule has 4 nitrogen and oxygen atoms in total. The van der Waals surface area contributed by atoms with Crippen molar-refractivity contribution in [3.63, 3.8) is 0 Å². The first-order valence-electron chi connectivity index (χ1n) is 6.08. The Bertz CT molecular complexity index is 695. The summed E-state index contributed by atoms with van der Waals surface area (Å²) >= 11 is 0. The minimum atomic E-state index is -4.87. The molecule has 0 aliphatic rings. The molecular formula is C15H11F3O4. The van der Waals surface area contributed by atoms with Crippen LogP contribution in [0.4, 0.5) is 13.2 Å². The number of alkyl halides is 3. The number of benzene rings is 2. The van der Waals surface area contributed by atoms with E-state index in [9.17, 15) is 23.1 Å². The maximum atomic E-state index is 12.5. The summed E-state index contributed by atoms with van der Waals surface area (Å²) in [5.74, 6) is -1.46. The lowest BCUT2D eigenvalue weighted by Crippen LogP contribution is -2.17. The van der Waals surface area contributed by atoms with Gasteiger partial charge in [-0.05, 0) is 24.3 Å². The second-order valence-corrected chi connectivity index (χ2v) is 4.26. The Morgan fingerprint density at radius 3 is 2.36 bits per heavy atom. The maximum Gasteiger partial charge on any atom is 0.573 e. The topological polar surface area (TPSA) is 55.8 Å². The molecule has 0 saturated carbocycles. The Morgan fingerprint density at radius 2 is 1.77 bits per heavy atom. The van der Waals surface area contributed by atoms with Crippen molar-refractivity contribution < 1.29 is 32.5 Å². The molecule has 2 rings (SSSR count). The van der Waals surface area contributed by atoms with Crippen LogP contribution in [-0.4, -0.2) is 24.5 Å². The van der Waals surface area contributed by atoms with Gasteiger partial charge in [0.25, 0.3) is 0 Å².